The molecule has 0 spiro atoms. The minimum atomic E-state index is -1.00. The topological polar surface area (TPSA) is 76.5 Å². The molecule has 0 amide bonds. The summed E-state index contributed by atoms with van der Waals surface area (Å²) in [6, 6.07) is 17.1. The first-order chi connectivity index (χ1) is 12.6. The number of carboxylic acid groups (broad SMARTS) is 1. The Morgan fingerprint density at radius 2 is 1.81 bits per heavy atom. The Morgan fingerprint density at radius 1 is 1.11 bits per heavy atom. The van der Waals surface area contributed by atoms with Crippen LogP contribution < -0.4 is 0 Å². The van der Waals surface area contributed by atoms with Crippen molar-refractivity contribution in [3.63, 3.8) is 0 Å². The van der Waals surface area contributed by atoms with Crippen molar-refractivity contribution in [2.45, 2.75) is 17.4 Å². The number of nitrogens with zero attached hydrogens (tertiary/aromatic N) is 1. The molecule has 0 radical (unpaired) electrons. The zero-order valence-corrected chi connectivity index (χ0v) is 19.1. The molecule has 0 fully saturated rings. The average molecular weight is 453 g/mol. The molecule has 0 saturated heterocycles. The van der Waals surface area contributed by atoms with Gasteiger partial charge in [-0.2, -0.15) is 0 Å². The van der Waals surface area contributed by atoms with Crippen LogP contribution in [0.2, 0.25) is 0 Å². The summed E-state index contributed by atoms with van der Waals surface area (Å²) in [6.45, 7) is 0.150. The Balaban J connectivity index is 0.00000261. The smallest absolute Gasteiger partial charge is 0.307 e. The van der Waals surface area contributed by atoms with Crippen LogP contribution in [0.25, 0.3) is 10.2 Å². The van der Waals surface area contributed by atoms with Gasteiger partial charge in [0.2, 0.25) is 0 Å². The van der Waals surface area contributed by atoms with E-state index in [1.54, 1.807) is 0 Å². The summed E-state index contributed by atoms with van der Waals surface area (Å²) >= 11 is 2.88. The second kappa shape index (κ2) is 10.5. The average Bonchev–Trinajstić information content (AvgIpc) is 3.07. The van der Waals surface area contributed by atoms with E-state index in [4.69, 9.17) is 4.74 Å². The molecule has 8 heteroatoms. The Bertz CT molecular complexity index is 868. The first-order valence-corrected chi connectivity index (χ1v) is 9.83. The van der Waals surface area contributed by atoms with E-state index in [1.165, 1.54) is 23.1 Å². The number of fused-ring (bicyclic) bond motifs is 1. The first-order valence-electron chi connectivity index (χ1n) is 8.02. The van der Waals surface area contributed by atoms with Gasteiger partial charge in [0, 0.05) is 25.2 Å². The van der Waals surface area contributed by atoms with Crippen LogP contribution in [-0.2, 0) is 40.4 Å². The zero-order valence-electron chi connectivity index (χ0n) is 14.5. The number of carbonyl (C=O) groups excluding carboxylic acids is 1. The van der Waals surface area contributed by atoms with Crippen LogP contribution in [0.15, 0.2) is 58.9 Å². The fourth-order valence-electron chi connectivity index (χ4n) is 2.30. The number of hydrogen-bond donors (Lipinski definition) is 1. The summed E-state index contributed by atoms with van der Waals surface area (Å²) < 4.78 is 7.04. The monoisotopic (exact) mass is 451 g/mol. The molecule has 1 heterocycles. The molecule has 27 heavy (non-hydrogen) atoms. The largest absolute Gasteiger partial charge is 0.481 e. The van der Waals surface area contributed by atoms with E-state index >= 15 is 0 Å². The molecule has 0 aliphatic rings. The Hall–Kier alpha value is -1.76. The van der Waals surface area contributed by atoms with Crippen LogP contribution in [0, 0.1) is 5.92 Å². The number of thiazole rings is 1. The number of carbonyl (C=O) groups is 2. The summed E-state index contributed by atoms with van der Waals surface area (Å²) in [5.74, 6) is -2.05. The maximum Gasteiger partial charge on any atom is 0.307 e. The summed E-state index contributed by atoms with van der Waals surface area (Å²) in [7, 11) is 0. The van der Waals surface area contributed by atoms with Crippen LogP contribution in [0.1, 0.15) is 12.0 Å². The number of ether oxygens (including phenoxy) is 1. The molecule has 3 aromatic rings. The van der Waals surface area contributed by atoms with E-state index in [-0.39, 0.29) is 38.3 Å². The van der Waals surface area contributed by atoms with Gasteiger partial charge < -0.3 is 9.84 Å². The van der Waals surface area contributed by atoms with E-state index in [0.717, 1.165) is 20.1 Å². The van der Waals surface area contributed by atoms with Crippen molar-refractivity contribution in [1.29, 1.82) is 0 Å². The molecule has 5 nitrogen and oxygen atoms in total. The SMILES string of the molecule is O=C(CC(CSc1nc2ccccc2s1)C(=O)O)OCc1ccccc1.[Zn]. The summed E-state index contributed by atoms with van der Waals surface area (Å²) in [5.41, 5.74) is 1.77. The number of aliphatic carboxylic acids is 1. The molecule has 1 aromatic heterocycles. The minimum Gasteiger partial charge on any atom is -0.481 e. The first kappa shape index (κ1) is 21.5. The third kappa shape index (κ3) is 6.41. The zero-order chi connectivity index (χ0) is 18.4. The van der Waals surface area contributed by atoms with Crippen molar-refractivity contribution in [3.05, 3.63) is 60.2 Å². The fraction of sp³-hybridized carbons (Fsp3) is 0.211. The summed E-state index contributed by atoms with van der Waals surface area (Å²) in [6.07, 6.45) is -0.153. The van der Waals surface area contributed by atoms with Crippen LogP contribution in [0.3, 0.4) is 0 Å². The van der Waals surface area contributed by atoms with Crippen molar-refractivity contribution in [1.82, 2.24) is 4.98 Å². The van der Waals surface area contributed by atoms with Crippen LogP contribution in [0.4, 0.5) is 0 Å². The second-order valence-electron chi connectivity index (χ2n) is 5.64. The Labute approximate surface area is 177 Å². The van der Waals surface area contributed by atoms with E-state index in [9.17, 15) is 14.7 Å². The van der Waals surface area contributed by atoms with Gasteiger partial charge in [-0.25, -0.2) is 4.98 Å². The van der Waals surface area contributed by atoms with Gasteiger partial charge in [0.05, 0.1) is 22.6 Å². The van der Waals surface area contributed by atoms with Gasteiger partial charge in [-0.15, -0.1) is 11.3 Å². The molecular weight excluding hydrogens is 436 g/mol. The minimum absolute atomic E-state index is 0. The number of carboxylic acids is 1. The molecule has 1 atom stereocenters. The van der Waals surface area contributed by atoms with E-state index in [0.29, 0.717) is 0 Å². The molecule has 136 valence electrons. The van der Waals surface area contributed by atoms with Gasteiger partial charge in [0.25, 0.3) is 0 Å². The molecule has 0 saturated carbocycles. The third-order valence-corrected chi connectivity index (χ3v) is 6.03. The standard InChI is InChI=1S/C19H17NO4S2.Zn/c21-17(24-11-13-6-2-1-3-7-13)10-14(18(22)23)12-25-19-20-15-8-4-5-9-16(15)26-19;/h1-9,14H,10-12H2,(H,22,23);. The van der Waals surface area contributed by atoms with Gasteiger partial charge in [-0.05, 0) is 17.7 Å². The predicted octanol–water partition coefficient (Wildman–Crippen LogP) is 4.22. The van der Waals surface area contributed by atoms with Gasteiger partial charge >= 0.3 is 11.9 Å². The van der Waals surface area contributed by atoms with E-state index in [1.807, 2.05) is 54.6 Å². The molecule has 1 unspecified atom stereocenters. The van der Waals surface area contributed by atoms with Gasteiger partial charge in [-0.1, -0.05) is 54.2 Å². The van der Waals surface area contributed by atoms with Crippen molar-refractivity contribution < 1.29 is 38.9 Å². The van der Waals surface area contributed by atoms with Crippen LogP contribution in [0.5, 0.6) is 0 Å². The number of hydrogen-bond acceptors (Lipinski definition) is 6. The van der Waals surface area contributed by atoms with Crippen LogP contribution in [-0.4, -0.2) is 27.8 Å². The Morgan fingerprint density at radius 3 is 2.52 bits per heavy atom. The van der Waals surface area contributed by atoms with Crippen molar-refractivity contribution >= 4 is 45.3 Å². The second-order valence-corrected chi connectivity index (χ2v) is 7.94. The number of esters is 1. The Kier molecular flexibility index (Phi) is 8.41. The van der Waals surface area contributed by atoms with Crippen molar-refractivity contribution in [2.24, 2.45) is 5.92 Å². The number of aromatic nitrogens is 1. The quantitative estimate of drug-likeness (QED) is 0.313. The van der Waals surface area contributed by atoms with Crippen molar-refractivity contribution in [2.75, 3.05) is 5.75 Å². The molecule has 1 N–H and O–H groups in total. The van der Waals surface area contributed by atoms with Gasteiger partial charge in [-0.3, -0.25) is 9.59 Å². The molecule has 0 aliphatic carbocycles. The molecule has 0 bridgehead atoms. The molecule has 3 rings (SSSR count). The maximum absolute atomic E-state index is 12.0. The van der Waals surface area contributed by atoms with Gasteiger partial charge in [0.1, 0.15) is 6.61 Å². The molecular formula is C19H17NO4S2Zn. The predicted molar refractivity (Wildman–Crippen MR) is 102 cm³/mol. The fourth-order valence-corrected chi connectivity index (χ4v) is 4.47. The summed E-state index contributed by atoms with van der Waals surface area (Å²) in [4.78, 5) is 27.9. The van der Waals surface area contributed by atoms with Crippen molar-refractivity contribution in [3.8, 4) is 0 Å². The van der Waals surface area contributed by atoms with Gasteiger partial charge in [0.15, 0.2) is 4.34 Å². The van der Waals surface area contributed by atoms with Crippen LogP contribution >= 0.6 is 23.1 Å². The molecule has 0 aliphatic heterocycles. The van der Waals surface area contributed by atoms with E-state index < -0.39 is 17.9 Å². The number of benzene rings is 2. The number of rotatable bonds is 8. The van der Waals surface area contributed by atoms with E-state index in [2.05, 4.69) is 4.98 Å². The molecule has 2 aromatic carbocycles. The number of para-hydroxylation sites is 1. The third-order valence-electron chi connectivity index (χ3n) is 3.69. The normalized spacial score (nSPS) is 11.6. The number of thioether (sulfide) groups is 1. The summed E-state index contributed by atoms with van der Waals surface area (Å²) in [5, 5.41) is 9.39. The maximum atomic E-state index is 12.0.